The van der Waals surface area contributed by atoms with Crippen LogP contribution in [0.5, 0.6) is 0 Å². The van der Waals surface area contributed by atoms with Gasteiger partial charge in [0.25, 0.3) is 0 Å². The number of nitrogens with two attached hydrogens (primary N) is 1. The zero-order chi connectivity index (χ0) is 12.6. The Morgan fingerprint density at radius 3 is 2.38 bits per heavy atom. The van der Waals surface area contributed by atoms with Crippen LogP contribution in [0.1, 0.15) is 19.8 Å². The van der Waals surface area contributed by atoms with Crippen LogP contribution in [0, 0.1) is 5.92 Å². The number of carbonyl (C=O) groups is 3. The van der Waals surface area contributed by atoms with Gasteiger partial charge in [-0.3, -0.25) is 9.59 Å². The van der Waals surface area contributed by atoms with Gasteiger partial charge in [0, 0.05) is 13.0 Å². The minimum absolute atomic E-state index is 0.00655. The number of carbonyl (C=O) groups excluding carboxylic acids is 2. The Bertz CT molecular complexity index is 267. The van der Waals surface area contributed by atoms with Crippen molar-refractivity contribution < 1.29 is 19.5 Å². The number of nitrogens with one attached hydrogen (secondary N) is 2. The summed E-state index contributed by atoms with van der Waals surface area (Å²) in [6.45, 7) is 1.87. The average molecular weight is 231 g/mol. The van der Waals surface area contributed by atoms with Crippen LogP contribution in [0.4, 0.5) is 4.79 Å². The number of amides is 3. The minimum Gasteiger partial charge on any atom is -0.481 e. The lowest BCUT2D eigenvalue weighted by Gasteiger charge is -2.13. The first-order valence-corrected chi connectivity index (χ1v) is 4.97. The van der Waals surface area contributed by atoms with Gasteiger partial charge in [0.1, 0.15) is 0 Å². The van der Waals surface area contributed by atoms with Gasteiger partial charge in [0.2, 0.25) is 5.91 Å². The van der Waals surface area contributed by atoms with Gasteiger partial charge in [-0.15, -0.1) is 0 Å². The fourth-order valence-corrected chi connectivity index (χ4v) is 1.07. The van der Waals surface area contributed by atoms with E-state index in [-0.39, 0.29) is 25.4 Å². The molecule has 3 amide bonds. The van der Waals surface area contributed by atoms with Crippen LogP contribution in [-0.4, -0.2) is 36.1 Å². The molecule has 92 valence electrons. The fourth-order valence-electron chi connectivity index (χ4n) is 1.07. The lowest BCUT2D eigenvalue weighted by Crippen LogP contribution is -2.42. The maximum absolute atomic E-state index is 11.1. The Morgan fingerprint density at radius 1 is 1.31 bits per heavy atom. The van der Waals surface area contributed by atoms with Gasteiger partial charge in [-0.2, -0.15) is 0 Å². The van der Waals surface area contributed by atoms with Crippen molar-refractivity contribution in [3.8, 4) is 0 Å². The normalized spacial score (nSPS) is 11.6. The molecule has 0 aliphatic carbocycles. The van der Waals surface area contributed by atoms with Crippen LogP contribution in [0.3, 0.4) is 0 Å². The van der Waals surface area contributed by atoms with Gasteiger partial charge in [-0.1, -0.05) is 13.3 Å². The zero-order valence-corrected chi connectivity index (χ0v) is 9.16. The molecule has 0 rings (SSSR count). The third-order valence-corrected chi connectivity index (χ3v) is 2.02. The molecule has 7 heteroatoms. The molecule has 0 saturated carbocycles. The molecule has 0 aromatic heterocycles. The highest BCUT2D eigenvalue weighted by Crippen LogP contribution is 2.06. The number of hydrogen-bond donors (Lipinski definition) is 4. The van der Waals surface area contributed by atoms with E-state index >= 15 is 0 Å². The van der Waals surface area contributed by atoms with Gasteiger partial charge in [-0.25, -0.2) is 4.79 Å². The Balaban J connectivity index is 3.79. The first-order valence-electron chi connectivity index (χ1n) is 4.97. The lowest BCUT2D eigenvalue weighted by molar-refractivity contribution is -0.138. The van der Waals surface area contributed by atoms with Crippen LogP contribution in [0.2, 0.25) is 0 Å². The Morgan fingerprint density at radius 2 is 1.94 bits per heavy atom. The highest BCUT2D eigenvalue weighted by molar-refractivity contribution is 5.82. The molecule has 5 N–H and O–H groups in total. The van der Waals surface area contributed by atoms with Gasteiger partial charge in [0.05, 0.1) is 6.54 Å². The van der Waals surface area contributed by atoms with E-state index in [0.29, 0.717) is 6.42 Å². The summed E-state index contributed by atoms with van der Waals surface area (Å²) in [4.78, 5) is 31.9. The summed E-state index contributed by atoms with van der Waals surface area (Å²) >= 11 is 0. The number of carboxylic acids is 1. The van der Waals surface area contributed by atoms with E-state index in [2.05, 4.69) is 10.6 Å². The van der Waals surface area contributed by atoms with Crippen molar-refractivity contribution >= 4 is 17.9 Å². The smallest absolute Gasteiger partial charge is 0.315 e. The molecule has 0 radical (unpaired) electrons. The van der Waals surface area contributed by atoms with Crippen molar-refractivity contribution in [1.29, 1.82) is 0 Å². The molecule has 0 aromatic carbocycles. The van der Waals surface area contributed by atoms with E-state index < -0.39 is 17.9 Å². The number of urea groups is 1. The third-order valence-electron chi connectivity index (χ3n) is 2.02. The van der Waals surface area contributed by atoms with E-state index in [4.69, 9.17) is 10.8 Å². The Kier molecular flexibility index (Phi) is 6.66. The molecule has 0 heterocycles. The molecule has 0 aromatic rings. The van der Waals surface area contributed by atoms with Crippen molar-refractivity contribution in [1.82, 2.24) is 10.6 Å². The zero-order valence-electron chi connectivity index (χ0n) is 9.16. The number of primary amides is 1. The van der Waals surface area contributed by atoms with Crippen molar-refractivity contribution in [3.05, 3.63) is 0 Å². The van der Waals surface area contributed by atoms with Crippen molar-refractivity contribution in [2.45, 2.75) is 19.8 Å². The highest BCUT2D eigenvalue weighted by atomic mass is 16.4. The lowest BCUT2D eigenvalue weighted by atomic mass is 10.0. The van der Waals surface area contributed by atoms with E-state index in [9.17, 15) is 14.4 Å². The molecule has 0 spiro atoms. The molecular weight excluding hydrogens is 214 g/mol. The first-order chi connectivity index (χ1) is 7.45. The standard InChI is InChI=1S/C9H17N3O4/c1-2-6(3-8(14)15)4-11-9(16)12-5-7(10)13/h6H,2-5H2,1H3,(H2,10,13)(H,14,15)(H2,11,12,16). The monoisotopic (exact) mass is 231 g/mol. The van der Waals surface area contributed by atoms with E-state index in [1.54, 1.807) is 0 Å². The predicted molar refractivity (Wildman–Crippen MR) is 56.6 cm³/mol. The highest BCUT2D eigenvalue weighted by Gasteiger charge is 2.12. The number of rotatable bonds is 7. The fraction of sp³-hybridized carbons (Fsp3) is 0.667. The second kappa shape index (κ2) is 7.49. The van der Waals surface area contributed by atoms with Crippen LogP contribution < -0.4 is 16.4 Å². The van der Waals surface area contributed by atoms with Crippen LogP contribution >= 0.6 is 0 Å². The summed E-state index contributed by atoms with van der Waals surface area (Å²) in [5.74, 6) is -1.64. The molecule has 16 heavy (non-hydrogen) atoms. The predicted octanol–water partition coefficient (Wildman–Crippen LogP) is -0.728. The summed E-state index contributed by atoms with van der Waals surface area (Å²) in [7, 11) is 0. The number of carboxylic acid groups (broad SMARTS) is 1. The van der Waals surface area contributed by atoms with Crippen molar-refractivity contribution in [2.24, 2.45) is 11.7 Å². The summed E-state index contributed by atoms with van der Waals surface area (Å²) in [5, 5.41) is 13.3. The van der Waals surface area contributed by atoms with Crippen LogP contribution in [-0.2, 0) is 9.59 Å². The molecule has 0 saturated heterocycles. The summed E-state index contributed by atoms with van der Waals surface area (Å²) in [5.41, 5.74) is 4.83. The SMILES string of the molecule is CCC(CNC(=O)NCC(N)=O)CC(=O)O. The quantitative estimate of drug-likeness (QED) is 0.461. The van der Waals surface area contributed by atoms with E-state index in [1.807, 2.05) is 6.92 Å². The number of hydrogen-bond acceptors (Lipinski definition) is 3. The molecule has 7 nitrogen and oxygen atoms in total. The van der Waals surface area contributed by atoms with Crippen molar-refractivity contribution in [2.75, 3.05) is 13.1 Å². The molecule has 0 bridgehead atoms. The molecule has 0 aliphatic heterocycles. The van der Waals surface area contributed by atoms with Gasteiger partial charge < -0.3 is 21.5 Å². The van der Waals surface area contributed by atoms with E-state index in [1.165, 1.54) is 0 Å². The van der Waals surface area contributed by atoms with Crippen molar-refractivity contribution in [3.63, 3.8) is 0 Å². The van der Waals surface area contributed by atoms with Gasteiger partial charge >= 0.3 is 12.0 Å². The van der Waals surface area contributed by atoms with Gasteiger partial charge in [0.15, 0.2) is 0 Å². The Hall–Kier alpha value is -1.79. The molecule has 1 atom stereocenters. The largest absolute Gasteiger partial charge is 0.481 e. The summed E-state index contributed by atoms with van der Waals surface area (Å²) < 4.78 is 0. The number of aliphatic carboxylic acids is 1. The molecular formula is C9H17N3O4. The van der Waals surface area contributed by atoms with E-state index in [0.717, 1.165) is 0 Å². The summed E-state index contributed by atoms with van der Waals surface area (Å²) in [6.07, 6.45) is 0.662. The Labute approximate surface area is 93.4 Å². The molecule has 1 unspecified atom stereocenters. The first kappa shape index (κ1) is 14.2. The maximum Gasteiger partial charge on any atom is 0.315 e. The topological polar surface area (TPSA) is 122 Å². The van der Waals surface area contributed by atoms with Gasteiger partial charge in [-0.05, 0) is 5.92 Å². The minimum atomic E-state index is -0.897. The molecule has 0 fully saturated rings. The van der Waals surface area contributed by atoms with Crippen LogP contribution in [0.25, 0.3) is 0 Å². The second-order valence-corrected chi connectivity index (χ2v) is 3.40. The second-order valence-electron chi connectivity index (χ2n) is 3.40. The summed E-state index contributed by atoms with van der Waals surface area (Å²) in [6, 6.07) is -0.525. The maximum atomic E-state index is 11.1. The molecule has 0 aliphatic rings. The third kappa shape index (κ3) is 7.60. The average Bonchev–Trinajstić information content (AvgIpc) is 2.20. The van der Waals surface area contributed by atoms with Crippen LogP contribution in [0.15, 0.2) is 0 Å².